The zero-order valence-corrected chi connectivity index (χ0v) is 50.0. The third-order valence-corrected chi connectivity index (χ3v) is 15.2. The normalized spacial score (nSPS) is 11.5. The summed E-state index contributed by atoms with van der Waals surface area (Å²) in [5.74, 6) is 1.59. The fourth-order valence-corrected chi connectivity index (χ4v) is 10.6. The van der Waals surface area contributed by atoms with Gasteiger partial charge in [0.15, 0.2) is 23.0 Å². The molecule has 12 heteroatoms. The fraction of sp³-hybridized carbons (Fsp3) is 0.727. The van der Waals surface area contributed by atoms with Gasteiger partial charge in [0, 0.05) is 21.5 Å². The van der Waals surface area contributed by atoms with Gasteiger partial charge in [-0.15, -0.1) is 0 Å². The standard InChI is InChI=1S/C66H106N2O10/c1-7-13-19-25-31-37-43-73-57-49-53-54(50-58(57)74-44-38-32-26-20-14-8-2)62-56(52-60(76-46-40-34-28-22-16-10-4)66(64(62)68(71)72)78-48-42-36-30-24-18-12-6)55-51-59(75-45-39-33-27-21-15-9-3)65(63(61(53)55)67(69)70)77-47-41-35-29-23-17-11-5/h49-52H,7-48H2,1-6H3. The molecule has 0 radical (unpaired) electrons. The van der Waals surface area contributed by atoms with Crippen molar-refractivity contribution >= 4 is 43.7 Å². The van der Waals surface area contributed by atoms with Crippen LogP contribution in [-0.4, -0.2) is 49.5 Å². The molecule has 0 spiro atoms. The van der Waals surface area contributed by atoms with E-state index in [0.29, 0.717) is 70.2 Å². The van der Waals surface area contributed by atoms with Crippen LogP contribution in [0.2, 0.25) is 0 Å². The number of benzene rings is 4. The average molecular weight is 1090 g/mol. The van der Waals surface area contributed by atoms with Crippen LogP contribution >= 0.6 is 0 Å². The summed E-state index contributed by atoms with van der Waals surface area (Å²) in [7, 11) is 0. The summed E-state index contributed by atoms with van der Waals surface area (Å²) in [4.78, 5) is 27.4. The van der Waals surface area contributed by atoms with Crippen molar-refractivity contribution in [2.24, 2.45) is 0 Å². The molecule has 0 aliphatic heterocycles. The van der Waals surface area contributed by atoms with E-state index in [4.69, 9.17) is 28.4 Å². The molecule has 0 saturated carbocycles. The summed E-state index contributed by atoms with van der Waals surface area (Å²) < 4.78 is 39.8. The lowest BCUT2D eigenvalue weighted by molar-refractivity contribution is -0.384. The maximum Gasteiger partial charge on any atom is 0.323 e. The Balaban J connectivity index is 2.09. The SMILES string of the molecule is CCCCCCCCOc1cc2c(cc1OCCCCCCCC)c1c([N+](=O)[O-])c(OCCCCCCCC)c(OCCCCCCCC)cc1c1cc(OCCCCCCCC)c(OCCCCCCCC)c([N+](=O)[O-])c21. The van der Waals surface area contributed by atoms with Crippen LogP contribution in [0.1, 0.15) is 273 Å². The molecule has 0 fully saturated rings. The zero-order chi connectivity index (χ0) is 56.0. The van der Waals surface area contributed by atoms with Crippen LogP contribution < -0.4 is 28.4 Å². The largest absolute Gasteiger partial charge is 0.490 e. The third kappa shape index (κ3) is 22.4. The lowest BCUT2D eigenvalue weighted by Crippen LogP contribution is -2.08. The van der Waals surface area contributed by atoms with Gasteiger partial charge in [0.25, 0.3) is 0 Å². The van der Waals surface area contributed by atoms with Crippen molar-refractivity contribution in [1.29, 1.82) is 0 Å². The monoisotopic (exact) mass is 1090 g/mol. The van der Waals surface area contributed by atoms with Crippen LogP contribution in [0.5, 0.6) is 34.5 Å². The molecule has 4 aromatic carbocycles. The number of hydrogen-bond donors (Lipinski definition) is 0. The van der Waals surface area contributed by atoms with E-state index in [1.54, 1.807) is 0 Å². The van der Waals surface area contributed by atoms with Crippen molar-refractivity contribution in [2.45, 2.75) is 273 Å². The highest BCUT2D eigenvalue weighted by Gasteiger charge is 2.34. The number of unbranched alkanes of at least 4 members (excludes halogenated alkanes) is 30. The summed E-state index contributed by atoms with van der Waals surface area (Å²) in [6.45, 7) is 15.3. The number of fused-ring (bicyclic) bond motifs is 6. The highest BCUT2D eigenvalue weighted by Crippen LogP contribution is 2.55. The quantitative estimate of drug-likeness (QED) is 0.0182. The van der Waals surface area contributed by atoms with Gasteiger partial charge in [-0.05, 0) is 62.8 Å². The lowest BCUT2D eigenvalue weighted by atomic mass is 9.91. The molecule has 0 heterocycles. The molecule has 440 valence electrons. The van der Waals surface area contributed by atoms with E-state index in [1.807, 2.05) is 24.3 Å². The van der Waals surface area contributed by atoms with E-state index in [0.717, 1.165) is 167 Å². The van der Waals surface area contributed by atoms with E-state index in [1.165, 1.54) is 64.2 Å². The molecule has 4 aromatic rings. The third-order valence-electron chi connectivity index (χ3n) is 15.2. The molecule has 0 aliphatic carbocycles. The minimum absolute atomic E-state index is 0.0820. The Bertz CT molecular complexity index is 2100. The minimum atomic E-state index is -0.357. The Labute approximate surface area is 471 Å². The van der Waals surface area contributed by atoms with Crippen molar-refractivity contribution in [1.82, 2.24) is 0 Å². The Morgan fingerprint density at radius 2 is 0.474 bits per heavy atom. The van der Waals surface area contributed by atoms with Gasteiger partial charge in [-0.25, -0.2) is 0 Å². The minimum Gasteiger partial charge on any atom is -0.490 e. The van der Waals surface area contributed by atoms with Gasteiger partial charge in [0.1, 0.15) is 0 Å². The molecule has 78 heavy (non-hydrogen) atoms. The van der Waals surface area contributed by atoms with Gasteiger partial charge in [-0.2, -0.15) is 0 Å². The molecule has 0 amide bonds. The van der Waals surface area contributed by atoms with Crippen molar-refractivity contribution in [3.8, 4) is 34.5 Å². The van der Waals surface area contributed by atoms with Crippen LogP contribution in [-0.2, 0) is 0 Å². The highest BCUT2D eigenvalue weighted by atomic mass is 16.6. The molecule has 0 saturated heterocycles. The molecular weight excluding hydrogens is 981 g/mol. The second-order valence-electron chi connectivity index (χ2n) is 22.0. The molecule has 0 unspecified atom stereocenters. The maximum atomic E-state index is 14.0. The van der Waals surface area contributed by atoms with Gasteiger partial charge in [0.05, 0.1) is 60.3 Å². The van der Waals surface area contributed by atoms with Gasteiger partial charge >= 0.3 is 11.4 Å². The predicted octanol–water partition coefficient (Wildman–Crippen LogP) is 21.4. The summed E-state index contributed by atoms with van der Waals surface area (Å²) in [5, 5.41) is 30.4. The summed E-state index contributed by atoms with van der Waals surface area (Å²) in [5.41, 5.74) is -0.460. The Morgan fingerprint density at radius 3 is 0.705 bits per heavy atom. The first-order valence-electron chi connectivity index (χ1n) is 31.9. The molecule has 0 N–H and O–H groups in total. The lowest BCUT2D eigenvalue weighted by Gasteiger charge is -2.21. The van der Waals surface area contributed by atoms with Gasteiger partial charge in [-0.1, -0.05) is 234 Å². The number of rotatable bonds is 50. The van der Waals surface area contributed by atoms with Crippen LogP contribution in [0, 0.1) is 20.2 Å². The predicted molar refractivity (Wildman–Crippen MR) is 325 cm³/mol. The van der Waals surface area contributed by atoms with Crippen LogP contribution in [0.4, 0.5) is 11.4 Å². The Morgan fingerprint density at radius 1 is 0.282 bits per heavy atom. The molecule has 0 bridgehead atoms. The maximum absolute atomic E-state index is 14.0. The van der Waals surface area contributed by atoms with E-state index in [2.05, 4.69) is 41.5 Å². The van der Waals surface area contributed by atoms with Crippen molar-refractivity contribution in [3.05, 3.63) is 44.5 Å². The van der Waals surface area contributed by atoms with E-state index < -0.39 is 0 Å². The van der Waals surface area contributed by atoms with Crippen molar-refractivity contribution < 1.29 is 38.3 Å². The zero-order valence-electron chi connectivity index (χ0n) is 50.0. The first-order chi connectivity index (χ1) is 38.3. The first kappa shape index (κ1) is 65.8. The molecule has 0 aliphatic rings. The van der Waals surface area contributed by atoms with Crippen molar-refractivity contribution in [3.63, 3.8) is 0 Å². The molecule has 12 nitrogen and oxygen atoms in total. The van der Waals surface area contributed by atoms with Gasteiger partial charge < -0.3 is 28.4 Å². The number of hydrogen-bond acceptors (Lipinski definition) is 10. The molecular formula is C66H106N2O10. The van der Waals surface area contributed by atoms with E-state index in [9.17, 15) is 20.2 Å². The van der Waals surface area contributed by atoms with E-state index in [-0.39, 0.29) is 57.4 Å². The molecule has 4 rings (SSSR count). The number of nitro benzene ring substituents is 2. The van der Waals surface area contributed by atoms with Gasteiger partial charge in [0.2, 0.25) is 11.5 Å². The van der Waals surface area contributed by atoms with Crippen LogP contribution in [0.3, 0.4) is 0 Å². The van der Waals surface area contributed by atoms with E-state index >= 15 is 0 Å². The number of nitro groups is 2. The fourth-order valence-electron chi connectivity index (χ4n) is 10.6. The Hall–Kier alpha value is -4.74. The summed E-state index contributed by atoms with van der Waals surface area (Å²) in [6, 6.07) is 7.32. The molecule has 0 aromatic heterocycles. The Kier molecular flexibility index (Phi) is 34.1. The highest BCUT2D eigenvalue weighted by molar-refractivity contribution is 6.31. The topological polar surface area (TPSA) is 142 Å². The van der Waals surface area contributed by atoms with Gasteiger partial charge in [-0.3, -0.25) is 20.2 Å². The van der Waals surface area contributed by atoms with Crippen LogP contribution in [0.25, 0.3) is 32.3 Å². The van der Waals surface area contributed by atoms with Crippen molar-refractivity contribution in [2.75, 3.05) is 39.6 Å². The first-order valence-corrected chi connectivity index (χ1v) is 31.9. The smallest absolute Gasteiger partial charge is 0.323 e. The summed E-state index contributed by atoms with van der Waals surface area (Å²) in [6.07, 6.45) is 37.9. The number of ether oxygens (including phenoxy) is 6. The second-order valence-corrected chi connectivity index (χ2v) is 22.0. The second kappa shape index (κ2) is 40.4. The number of nitrogens with zero attached hydrogens (tertiary/aromatic N) is 2. The average Bonchev–Trinajstić information content (AvgIpc) is 3.63. The summed E-state index contributed by atoms with van der Waals surface area (Å²) >= 11 is 0. The molecule has 0 atom stereocenters. The van der Waals surface area contributed by atoms with Crippen LogP contribution in [0.15, 0.2) is 24.3 Å².